The van der Waals surface area contributed by atoms with E-state index in [1.54, 1.807) is 36.0 Å². The summed E-state index contributed by atoms with van der Waals surface area (Å²) in [7, 11) is 0. The summed E-state index contributed by atoms with van der Waals surface area (Å²) in [4.78, 5) is 34.8. The van der Waals surface area contributed by atoms with Crippen molar-refractivity contribution >= 4 is 34.6 Å². The highest BCUT2D eigenvalue weighted by atomic mass is 35.5. The lowest BCUT2D eigenvalue weighted by Crippen LogP contribution is -2.39. The number of pyridine rings is 2. The van der Waals surface area contributed by atoms with Crippen LogP contribution in [0.15, 0.2) is 66.2 Å². The van der Waals surface area contributed by atoms with Crippen molar-refractivity contribution in [3.8, 4) is 5.69 Å². The van der Waals surface area contributed by atoms with Crippen LogP contribution in [0.2, 0.25) is 5.02 Å². The van der Waals surface area contributed by atoms with Crippen molar-refractivity contribution < 1.29 is 4.79 Å². The molecule has 0 atom stereocenters. The lowest BCUT2D eigenvalue weighted by atomic mass is 9.85. The number of hydrogen-bond acceptors (Lipinski definition) is 4. The first-order chi connectivity index (χ1) is 17.4. The highest BCUT2D eigenvalue weighted by Gasteiger charge is 2.25. The predicted molar refractivity (Wildman–Crippen MR) is 143 cm³/mol. The number of aromatic nitrogens is 4. The van der Waals surface area contributed by atoms with Crippen molar-refractivity contribution in [2.75, 3.05) is 0 Å². The third-order valence-corrected chi connectivity index (χ3v) is 7.20. The number of nitrogens with zero attached hydrogens (tertiary/aromatic N) is 4. The second kappa shape index (κ2) is 10.1. The minimum Gasteiger partial charge on any atom is -0.349 e. The van der Waals surface area contributed by atoms with Gasteiger partial charge in [-0.05, 0) is 74.9 Å². The van der Waals surface area contributed by atoms with Crippen LogP contribution in [-0.2, 0) is 6.54 Å². The molecule has 5 rings (SSSR count). The molecule has 0 aliphatic heterocycles. The molecule has 8 heteroatoms. The van der Waals surface area contributed by atoms with Gasteiger partial charge in [0, 0.05) is 25.0 Å². The van der Waals surface area contributed by atoms with Crippen molar-refractivity contribution in [1.29, 1.82) is 0 Å². The first kappa shape index (κ1) is 24.0. The SMILES string of the molecule is C=Cc1cc(-n2c(=O)n(CC3CCC(NC(=O)c4cc(Cl)cnc4C)CC3)c3ccccc32)ccn1. The lowest BCUT2D eigenvalue weighted by Gasteiger charge is -2.29. The number of aryl methyl sites for hydroxylation is 1. The van der Waals surface area contributed by atoms with Gasteiger partial charge < -0.3 is 5.32 Å². The Morgan fingerprint density at radius 3 is 2.64 bits per heavy atom. The van der Waals surface area contributed by atoms with E-state index in [9.17, 15) is 9.59 Å². The Labute approximate surface area is 214 Å². The number of carbonyl (C=O) groups excluding carboxylic acids is 1. The molecule has 1 fully saturated rings. The molecule has 3 aromatic heterocycles. The van der Waals surface area contributed by atoms with Crippen LogP contribution in [0.4, 0.5) is 0 Å². The second-order valence-electron chi connectivity index (χ2n) is 9.34. The van der Waals surface area contributed by atoms with Gasteiger partial charge >= 0.3 is 5.69 Å². The normalized spacial score (nSPS) is 17.7. The third-order valence-electron chi connectivity index (χ3n) is 6.99. The van der Waals surface area contributed by atoms with Gasteiger partial charge in [0.2, 0.25) is 0 Å². The number of benzene rings is 1. The molecule has 1 aromatic carbocycles. The summed E-state index contributed by atoms with van der Waals surface area (Å²) in [6.07, 6.45) is 8.51. The van der Waals surface area contributed by atoms with Gasteiger partial charge in [-0.25, -0.2) is 4.79 Å². The average molecular weight is 502 g/mol. The number of carbonyl (C=O) groups is 1. The van der Waals surface area contributed by atoms with E-state index in [-0.39, 0.29) is 17.6 Å². The zero-order valence-corrected chi connectivity index (χ0v) is 20.9. The number of nitrogens with one attached hydrogen (secondary N) is 1. The molecular weight excluding hydrogens is 474 g/mol. The standard InChI is InChI=1S/C28H28ClN5O2/c1-3-21-15-23(12-13-30-21)34-26-7-5-4-6-25(26)33(28(34)36)17-19-8-10-22(11-9-19)32-27(35)24-14-20(29)16-31-18(24)2/h3-7,12-16,19,22H,1,8-11,17H2,2H3,(H,32,35). The zero-order chi connectivity index (χ0) is 25.2. The first-order valence-corrected chi connectivity index (χ1v) is 12.5. The molecule has 1 saturated carbocycles. The van der Waals surface area contributed by atoms with E-state index in [0.717, 1.165) is 48.1 Å². The molecule has 1 N–H and O–H groups in total. The maximum absolute atomic E-state index is 13.6. The average Bonchev–Trinajstić information content (AvgIpc) is 3.17. The number of rotatable bonds is 6. The molecule has 1 aliphatic carbocycles. The number of imidazole rings is 1. The second-order valence-corrected chi connectivity index (χ2v) is 9.77. The number of para-hydroxylation sites is 2. The molecule has 1 aliphatic rings. The van der Waals surface area contributed by atoms with Gasteiger partial charge in [-0.15, -0.1) is 0 Å². The molecule has 0 spiro atoms. The molecule has 36 heavy (non-hydrogen) atoms. The highest BCUT2D eigenvalue weighted by molar-refractivity contribution is 6.30. The first-order valence-electron chi connectivity index (χ1n) is 12.2. The maximum atomic E-state index is 13.6. The van der Waals surface area contributed by atoms with E-state index >= 15 is 0 Å². The topological polar surface area (TPSA) is 81.8 Å². The zero-order valence-electron chi connectivity index (χ0n) is 20.2. The van der Waals surface area contributed by atoms with Crippen molar-refractivity contribution in [3.05, 3.63) is 93.9 Å². The molecule has 3 heterocycles. The van der Waals surface area contributed by atoms with Gasteiger partial charge in [-0.3, -0.25) is 23.9 Å². The lowest BCUT2D eigenvalue weighted by molar-refractivity contribution is 0.0919. The quantitative estimate of drug-likeness (QED) is 0.395. The molecule has 1 amide bonds. The summed E-state index contributed by atoms with van der Waals surface area (Å²) in [5.41, 5.74) is 4.40. The van der Waals surface area contributed by atoms with Crippen molar-refractivity contribution in [3.63, 3.8) is 0 Å². The summed E-state index contributed by atoms with van der Waals surface area (Å²) in [5.74, 6) is 0.215. The van der Waals surface area contributed by atoms with Crippen molar-refractivity contribution in [1.82, 2.24) is 24.4 Å². The number of amides is 1. The monoisotopic (exact) mass is 501 g/mol. The molecule has 7 nitrogen and oxygen atoms in total. The Balaban J connectivity index is 1.32. The van der Waals surface area contributed by atoms with E-state index in [0.29, 0.717) is 28.7 Å². The van der Waals surface area contributed by atoms with E-state index in [2.05, 4.69) is 21.9 Å². The van der Waals surface area contributed by atoms with Crippen LogP contribution in [0.5, 0.6) is 0 Å². The molecule has 0 saturated heterocycles. The fourth-order valence-electron chi connectivity index (χ4n) is 5.07. The van der Waals surface area contributed by atoms with Gasteiger partial charge in [0.1, 0.15) is 0 Å². The minimum atomic E-state index is -0.138. The molecule has 4 aromatic rings. The fraction of sp³-hybridized carbons (Fsp3) is 0.286. The summed E-state index contributed by atoms with van der Waals surface area (Å²) in [6, 6.07) is 13.3. The van der Waals surface area contributed by atoms with E-state index < -0.39 is 0 Å². The number of halogens is 1. The van der Waals surface area contributed by atoms with Crippen LogP contribution in [0.1, 0.15) is 47.4 Å². The Morgan fingerprint density at radius 2 is 1.89 bits per heavy atom. The minimum absolute atomic E-state index is 0.0585. The Bertz CT molecular complexity index is 1500. The number of fused-ring (bicyclic) bond motifs is 1. The smallest absolute Gasteiger partial charge is 0.333 e. The van der Waals surface area contributed by atoms with Crippen molar-refractivity contribution in [2.45, 2.75) is 45.2 Å². The van der Waals surface area contributed by atoms with Crippen LogP contribution in [-0.4, -0.2) is 31.1 Å². The Morgan fingerprint density at radius 1 is 1.14 bits per heavy atom. The Kier molecular flexibility index (Phi) is 6.74. The van der Waals surface area contributed by atoms with Gasteiger partial charge in [-0.2, -0.15) is 0 Å². The maximum Gasteiger partial charge on any atom is 0.333 e. The van der Waals surface area contributed by atoms with Crippen LogP contribution in [0.3, 0.4) is 0 Å². The molecule has 0 radical (unpaired) electrons. The highest BCUT2D eigenvalue weighted by Crippen LogP contribution is 2.28. The van der Waals surface area contributed by atoms with Crippen LogP contribution in [0.25, 0.3) is 22.8 Å². The predicted octanol–water partition coefficient (Wildman–Crippen LogP) is 5.18. The summed E-state index contributed by atoms with van der Waals surface area (Å²) in [6.45, 7) is 6.24. The van der Waals surface area contributed by atoms with Crippen molar-refractivity contribution in [2.24, 2.45) is 5.92 Å². The van der Waals surface area contributed by atoms with Crippen LogP contribution in [0, 0.1) is 12.8 Å². The summed E-state index contributed by atoms with van der Waals surface area (Å²) >= 11 is 6.03. The molecule has 0 unspecified atom stereocenters. The van der Waals surface area contributed by atoms with E-state index in [1.807, 2.05) is 41.0 Å². The number of hydrogen-bond donors (Lipinski definition) is 1. The molecular formula is C28H28ClN5O2. The van der Waals surface area contributed by atoms with Gasteiger partial charge in [-0.1, -0.05) is 30.3 Å². The summed E-state index contributed by atoms with van der Waals surface area (Å²) < 4.78 is 3.63. The summed E-state index contributed by atoms with van der Waals surface area (Å²) in [5, 5.41) is 3.59. The van der Waals surface area contributed by atoms with Gasteiger partial charge in [0.25, 0.3) is 5.91 Å². The Hall–Kier alpha value is -3.71. The van der Waals surface area contributed by atoms with Crippen LogP contribution >= 0.6 is 11.6 Å². The van der Waals surface area contributed by atoms with Gasteiger partial charge in [0.15, 0.2) is 0 Å². The van der Waals surface area contributed by atoms with Gasteiger partial charge in [0.05, 0.1) is 38.7 Å². The largest absolute Gasteiger partial charge is 0.349 e. The third kappa shape index (κ3) is 4.71. The molecule has 184 valence electrons. The molecule has 0 bridgehead atoms. The van der Waals surface area contributed by atoms with E-state index in [1.165, 1.54) is 0 Å². The fourth-order valence-corrected chi connectivity index (χ4v) is 5.23. The van der Waals surface area contributed by atoms with E-state index in [4.69, 9.17) is 11.6 Å². The van der Waals surface area contributed by atoms with Crippen LogP contribution < -0.4 is 11.0 Å².